The Morgan fingerprint density at radius 2 is 1.65 bits per heavy atom. The van der Waals surface area contributed by atoms with Crippen molar-refractivity contribution in [1.29, 1.82) is 0 Å². The molecular weight excluding hydrogens is 386 g/mol. The molecule has 0 amide bonds. The van der Waals surface area contributed by atoms with Crippen molar-refractivity contribution in [3.63, 3.8) is 0 Å². The molecule has 1 fully saturated rings. The summed E-state index contributed by atoms with van der Waals surface area (Å²) in [4.78, 5) is 9.13. The molecule has 2 aromatic carbocycles. The molecule has 1 atom stereocenters. The van der Waals surface area contributed by atoms with Gasteiger partial charge in [-0.25, -0.2) is 0 Å². The van der Waals surface area contributed by atoms with Crippen LogP contribution in [0.3, 0.4) is 0 Å². The van der Waals surface area contributed by atoms with Gasteiger partial charge in [0.25, 0.3) is 0 Å². The number of guanidine groups is 1. The van der Waals surface area contributed by atoms with Crippen molar-refractivity contribution in [2.45, 2.75) is 32.0 Å². The van der Waals surface area contributed by atoms with Gasteiger partial charge in [-0.15, -0.1) is 0 Å². The van der Waals surface area contributed by atoms with Crippen molar-refractivity contribution in [3.05, 3.63) is 65.2 Å². The lowest BCUT2D eigenvalue weighted by molar-refractivity contribution is 0.298. The van der Waals surface area contributed by atoms with Crippen LogP contribution in [0.15, 0.2) is 53.5 Å². The predicted molar refractivity (Wildman–Crippen MR) is 129 cm³/mol. The van der Waals surface area contributed by atoms with Crippen LogP contribution in [-0.2, 0) is 13.1 Å². The number of likely N-dealkylation sites (tertiary alicyclic amines) is 1. The number of methoxy groups -OCH3 is 1. The fraction of sp³-hybridized carbons (Fsp3) is 0.480. The second kappa shape index (κ2) is 11.7. The van der Waals surface area contributed by atoms with Crippen LogP contribution in [0.25, 0.3) is 0 Å². The molecule has 1 heterocycles. The largest absolute Gasteiger partial charge is 0.497 e. The zero-order valence-electron chi connectivity index (χ0n) is 19.4. The lowest BCUT2D eigenvalue weighted by atomic mass is 10.1. The standard InChI is InChI=1S/C25H37N5O/c1-26-25(28-18-24(29(2)3)22-11-13-23(31-4)14-12-22)27-17-20-7-9-21(10-8-20)19-30-15-5-6-16-30/h7-14,24H,5-6,15-19H2,1-4H3,(H2,26,27,28). The van der Waals surface area contributed by atoms with Crippen molar-refractivity contribution in [1.82, 2.24) is 20.4 Å². The highest BCUT2D eigenvalue weighted by atomic mass is 16.5. The number of ether oxygens (including phenoxy) is 1. The quantitative estimate of drug-likeness (QED) is 0.479. The summed E-state index contributed by atoms with van der Waals surface area (Å²) in [5.74, 6) is 1.68. The average molecular weight is 424 g/mol. The van der Waals surface area contributed by atoms with Gasteiger partial charge in [-0.05, 0) is 68.8 Å². The van der Waals surface area contributed by atoms with Crippen LogP contribution in [0.4, 0.5) is 0 Å². The third kappa shape index (κ3) is 6.97. The molecule has 0 aliphatic carbocycles. The van der Waals surface area contributed by atoms with Crippen molar-refractivity contribution < 1.29 is 4.74 Å². The summed E-state index contributed by atoms with van der Waals surface area (Å²) in [7, 11) is 7.69. The molecular formula is C25H37N5O. The van der Waals surface area contributed by atoms with Gasteiger partial charge in [0.2, 0.25) is 0 Å². The SMILES string of the molecule is CN=C(NCc1ccc(CN2CCCC2)cc1)NCC(c1ccc(OC)cc1)N(C)C. The lowest BCUT2D eigenvalue weighted by Crippen LogP contribution is -2.41. The highest BCUT2D eigenvalue weighted by Crippen LogP contribution is 2.20. The molecule has 0 spiro atoms. The number of aliphatic imine (C=N–C) groups is 1. The van der Waals surface area contributed by atoms with Crippen molar-refractivity contribution in [2.75, 3.05) is 47.9 Å². The Balaban J connectivity index is 1.49. The van der Waals surface area contributed by atoms with E-state index < -0.39 is 0 Å². The van der Waals surface area contributed by atoms with E-state index in [4.69, 9.17) is 4.74 Å². The molecule has 1 aliphatic rings. The van der Waals surface area contributed by atoms with Crippen LogP contribution in [0.5, 0.6) is 5.75 Å². The smallest absolute Gasteiger partial charge is 0.191 e. The number of hydrogen-bond donors (Lipinski definition) is 2. The van der Waals surface area contributed by atoms with Crippen LogP contribution in [0.2, 0.25) is 0 Å². The molecule has 3 rings (SSSR count). The number of hydrogen-bond acceptors (Lipinski definition) is 4. The number of rotatable bonds is 9. The van der Waals surface area contributed by atoms with Crippen molar-refractivity contribution in [3.8, 4) is 5.75 Å². The third-order valence-electron chi connectivity index (χ3n) is 5.90. The number of benzene rings is 2. The summed E-state index contributed by atoms with van der Waals surface area (Å²) in [6.45, 7) is 5.03. The number of nitrogens with one attached hydrogen (secondary N) is 2. The van der Waals surface area contributed by atoms with Crippen LogP contribution < -0.4 is 15.4 Å². The summed E-state index contributed by atoms with van der Waals surface area (Å²) < 4.78 is 5.28. The van der Waals surface area contributed by atoms with Gasteiger partial charge in [-0.3, -0.25) is 9.89 Å². The minimum absolute atomic E-state index is 0.231. The van der Waals surface area contributed by atoms with Crippen LogP contribution in [0, 0.1) is 0 Å². The minimum atomic E-state index is 0.231. The number of nitrogens with zero attached hydrogens (tertiary/aromatic N) is 3. The van der Waals surface area contributed by atoms with E-state index in [0.717, 1.165) is 31.3 Å². The summed E-state index contributed by atoms with van der Waals surface area (Å²) in [6.07, 6.45) is 2.67. The van der Waals surface area contributed by atoms with Gasteiger partial charge in [-0.1, -0.05) is 36.4 Å². The first kappa shape index (κ1) is 23.1. The van der Waals surface area contributed by atoms with Crippen LogP contribution in [-0.4, -0.2) is 63.6 Å². The Morgan fingerprint density at radius 3 is 2.23 bits per heavy atom. The molecule has 0 bridgehead atoms. The molecule has 0 radical (unpaired) electrons. The maximum absolute atomic E-state index is 5.28. The highest BCUT2D eigenvalue weighted by Gasteiger charge is 2.15. The maximum atomic E-state index is 5.28. The molecule has 2 aromatic rings. The average Bonchev–Trinajstić information content (AvgIpc) is 3.30. The van der Waals surface area contributed by atoms with Gasteiger partial charge in [-0.2, -0.15) is 0 Å². The Labute approximate surface area is 187 Å². The summed E-state index contributed by atoms with van der Waals surface area (Å²) in [5, 5.41) is 6.90. The van der Waals surface area contributed by atoms with E-state index in [1.807, 2.05) is 19.2 Å². The molecule has 2 N–H and O–H groups in total. The first-order valence-electron chi connectivity index (χ1n) is 11.1. The molecule has 1 unspecified atom stereocenters. The fourth-order valence-electron chi connectivity index (χ4n) is 3.99. The third-order valence-corrected chi connectivity index (χ3v) is 5.90. The fourth-order valence-corrected chi connectivity index (χ4v) is 3.99. The van der Waals surface area contributed by atoms with Crippen molar-refractivity contribution >= 4 is 5.96 Å². The molecule has 6 heteroatoms. The monoisotopic (exact) mass is 423 g/mol. The first-order chi connectivity index (χ1) is 15.1. The van der Waals surface area contributed by atoms with E-state index in [1.165, 1.54) is 42.6 Å². The van der Waals surface area contributed by atoms with Gasteiger partial charge in [0, 0.05) is 26.7 Å². The topological polar surface area (TPSA) is 52.1 Å². The first-order valence-corrected chi connectivity index (χ1v) is 11.1. The molecule has 168 valence electrons. The second-order valence-electron chi connectivity index (χ2n) is 8.36. The summed E-state index contributed by atoms with van der Waals surface area (Å²) >= 11 is 0. The van der Waals surface area contributed by atoms with E-state index >= 15 is 0 Å². The number of likely N-dealkylation sites (N-methyl/N-ethyl adjacent to an activating group) is 1. The molecule has 0 saturated carbocycles. The molecule has 1 saturated heterocycles. The van der Waals surface area contributed by atoms with Crippen LogP contribution >= 0.6 is 0 Å². The molecule has 31 heavy (non-hydrogen) atoms. The highest BCUT2D eigenvalue weighted by molar-refractivity contribution is 5.79. The Kier molecular flexibility index (Phi) is 8.74. The normalized spacial score (nSPS) is 15.8. The molecule has 0 aromatic heterocycles. The van der Waals surface area contributed by atoms with Gasteiger partial charge in [0.1, 0.15) is 5.75 Å². The Hall–Kier alpha value is -2.57. The zero-order valence-corrected chi connectivity index (χ0v) is 19.4. The summed E-state index contributed by atoms with van der Waals surface area (Å²) in [6, 6.07) is 17.4. The van der Waals surface area contributed by atoms with E-state index in [-0.39, 0.29) is 6.04 Å². The van der Waals surface area contributed by atoms with E-state index in [9.17, 15) is 0 Å². The summed E-state index contributed by atoms with van der Waals surface area (Å²) in [5.41, 5.74) is 3.89. The predicted octanol–water partition coefficient (Wildman–Crippen LogP) is 3.26. The minimum Gasteiger partial charge on any atom is -0.497 e. The van der Waals surface area contributed by atoms with Gasteiger partial charge in [0.15, 0.2) is 5.96 Å². The van der Waals surface area contributed by atoms with E-state index in [0.29, 0.717) is 0 Å². The maximum Gasteiger partial charge on any atom is 0.191 e. The molecule has 1 aliphatic heterocycles. The van der Waals surface area contributed by atoms with Crippen molar-refractivity contribution in [2.24, 2.45) is 4.99 Å². The Morgan fingerprint density at radius 1 is 1.00 bits per heavy atom. The van der Waals surface area contributed by atoms with E-state index in [2.05, 4.69) is 75.9 Å². The lowest BCUT2D eigenvalue weighted by Gasteiger charge is -2.26. The van der Waals surface area contributed by atoms with E-state index in [1.54, 1.807) is 7.11 Å². The Bertz CT molecular complexity index is 811. The molecule has 6 nitrogen and oxygen atoms in total. The van der Waals surface area contributed by atoms with Gasteiger partial charge >= 0.3 is 0 Å². The van der Waals surface area contributed by atoms with Gasteiger partial charge in [0.05, 0.1) is 13.2 Å². The van der Waals surface area contributed by atoms with Gasteiger partial charge < -0.3 is 20.3 Å². The zero-order chi connectivity index (χ0) is 22.1. The van der Waals surface area contributed by atoms with Crippen LogP contribution in [0.1, 0.15) is 35.6 Å². The second-order valence-corrected chi connectivity index (χ2v) is 8.36.